The molecule has 0 aliphatic rings. The molecule has 0 fully saturated rings. The molecule has 0 unspecified atom stereocenters. The average Bonchev–Trinajstić information content (AvgIpc) is 2.90. The van der Waals surface area contributed by atoms with Crippen molar-refractivity contribution in [3.63, 3.8) is 0 Å². The number of fused-ring (bicyclic) bond motifs is 1. The first-order valence-electron chi connectivity index (χ1n) is 11.1. The van der Waals surface area contributed by atoms with Crippen LogP contribution in [0.2, 0.25) is 0 Å². The summed E-state index contributed by atoms with van der Waals surface area (Å²) in [4.78, 5) is 32.8. The van der Waals surface area contributed by atoms with Gasteiger partial charge in [0.15, 0.2) is 5.82 Å². The molecule has 4 aromatic rings. The molecule has 5 N–H and O–H groups in total. The fourth-order valence-electron chi connectivity index (χ4n) is 3.65. The Balaban J connectivity index is 1.54. The molecular formula is C26H27N7O2. The minimum atomic E-state index is -0.321. The number of nitrogens with zero attached hydrogens (tertiary/aromatic N) is 3. The van der Waals surface area contributed by atoms with E-state index in [4.69, 9.17) is 10.7 Å². The monoisotopic (exact) mass is 469 g/mol. The first-order chi connectivity index (χ1) is 17.0. The third kappa shape index (κ3) is 5.53. The van der Waals surface area contributed by atoms with Gasteiger partial charge in [-0.15, -0.1) is 0 Å². The van der Waals surface area contributed by atoms with Crippen molar-refractivity contribution in [1.82, 2.24) is 26.0 Å². The number of nitrogens with two attached hydrogens (primary N) is 1. The summed E-state index contributed by atoms with van der Waals surface area (Å²) in [6.45, 7) is 0.472. The number of benzene rings is 2. The summed E-state index contributed by atoms with van der Waals surface area (Å²) in [6.07, 6.45) is 1.78. The molecule has 35 heavy (non-hydrogen) atoms. The van der Waals surface area contributed by atoms with Gasteiger partial charge in [0, 0.05) is 36.8 Å². The fraction of sp³-hybridized carbons (Fsp3) is 0.154. The predicted molar refractivity (Wildman–Crippen MR) is 137 cm³/mol. The van der Waals surface area contributed by atoms with Gasteiger partial charge in [-0.25, -0.2) is 10.4 Å². The van der Waals surface area contributed by atoms with E-state index in [2.05, 4.69) is 27.1 Å². The molecule has 2 aromatic carbocycles. The number of amides is 2. The quantitative estimate of drug-likeness (QED) is 0.292. The van der Waals surface area contributed by atoms with Gasteiger partial charge in [0.2, 0.25) is 5.91 Å². The Morgan fingerprint density at radius 3 is 2.54 bits per heavy atom. The summed E-state index contributed by atoms with van der Waals surface area (Å²) >= 11 is 0. The molecular weight excluding hydrogens is 442 g/mol. The van der Waals surface area contributed by atoms with Gasteiger partial charge in [0.1, 0.15) is 0 Å². The largest absolute Gasteiger partial charge is 0.396 e. The molecule has 0 saturated carbocycles. The van der Waals surface area contributed by atoms with Crippen LogP contribution in [0.25, 0.3) is 22.2 Å². The molecule has 0 saturated heterocycles. The number of nitrogens with one attached hydrogen (secondary N) is 3. The number of anilines is 2. The zero-order valence-electron chi connectivity index (χ0n) is 19.6. The molecule has 0 bridgehead atoms. The number of likely N-dealkylation sites (N-methyl/N-ethyl adjacent to an activating group) is 1. The van der Waals surface area contributed by atoms with E-state index in [0.29, 0.717) is 23.6 Å². The smallest absolute Gasteiger partial charge is 0.251 e. The zero-order valence-corrected chi connectivity index (χ0v) is 19.6. The normalized spacial score (nSPS) is 10.7. The number of nitrogen functional groups attached to an aromatic ring is 1. The highest BCUT2D eigenvalue weighted by Gasteiger charge is 2.14. The molecule has 0 radical (unpaired) electrons. The van der Waals surface area contributed by atoms with Crippen molar-refractivity contribution in [2.45, 2.75) is 6.54 Å². The summed E-state index contributed by atoms with van der Waals surface area (Å²) in [6, 6.07) is 20.8. The Morgan fingerprint density at radius 1 is 1.00 bits per heavy atom. The Labute approximate surface area is 203 Å². The number of hydrogen-bond donors (Lipinski definition) is 4. The minimum absolute atomic E-state index is 0.0759. The van der Waals surface area contributed by atoms with Crippen LogP contribution in [0.15, 0.2) is 72.9 Å². The van der Waals surface area contributed by atoms with Gasteiger partial charge in [-0.3, -0.25) is 19.6 Å². The number of hydrogen-bond acceptors (Lipinski definition) is 7. The highest BCUT2D eigenvalue weighted by molar-refractivity contribution is 5.96. The maximum absolute atomic E-state index is 12.3. The highest BCUT2D eigenvalue weighted by Crippen LogP contribution is 2.27. The molecule has 0 aliphatic heterocycles. The Hall–Kier alpha value is -4.50. The highest BCUT2D eigenvalue weighted by atomic mass is 16.2. The number of pyridine rings is 2. The molecule has 0 spiro atoms. The Morgan fingerprint density at radius 2 is 1.80 bits per heavy atom. The van der Waals surface area contributed by atoms with Gasteiger partial charge in [0.05, 0.1) is 30.0 Å². The third-order valence-electron chi connectivity index (χ3n) is 5.57. The van der Waals surface area contributed by atoms with Crippen molar-refractivity contribution in [2.24, 2.45) is 0 Å². The van der Waals surface area contributed by atoms with E-state index in [1.54, 1.807) is 18.3 Å². The van der Waals surface area contributed by atoms with Crippen molar-refractivity contribution in [3.05, 3.63) is 84.1 Å². The van der Waals surface area contributed by atoms with E-state index in [9.17, 15) is 9.59 Å². The van der Waals surface area contributed by atoms with Crippen LogP contribution >= 0.6 is 0 Å². The number of aromatic nitrogens is 2. The molecule has 2 aromatic heterocycles. The number of hydrazine groups is 1. The van der Waals surface area contributed by atoms with Gasteiger partial charge >= 0.3 is 0 Å². The lowest BCUT2D eigenvalue weighted by molar-refractivity contribution is -0.119. The van der Waals surface area contributed by atoms with Crippen LogP contribution in [0, 0.1) is 0 Å². The lowest BCUT2D eigenvalue weighted by atomic mass is 10.1. The molecule has 0 aliphatic carbocycles. The van der Waals surface area contributed by atoms with Gasteiger partial charge < -0.3 is 16.4 Å². The Bertz CT molecular complexity index is 1360. The molecule has 2 heterocycles. The third-order valence-corrected chi connectivity index (χ3v) is 5.57. The first-order valence-corrected chi connectivity index (χ1v) is 11.1. The van der Waals surface area contributed by atoms with E-state index in [0.717, 1.165) is 27.7 Å². The second-order valence-electron chi connectivity index (χ2n) is 7.88. The Kier molecular flexibility index (Phi) is 7.18. The van der Waals surface area contributed by atoms with Crippen LogP contribution < -0.4 is 26.8 Å². The molecule has 9 nitrogen and oxygen atoms in total. The van der Waals surface area contributed by atoms with Crippen LogP contribution in [0.1, 0.15) is 15.9 Å². The van der Waals surface area contributed by atoms with Crippen molar-refractivity contribution < 1.29 is 9.59 Å². The predicted octanol–water partition coefficient (Wildman–Crippen LogP) is 2.50. The SMILES string of the molecule is CNC(=O)CNC(=O)c1ccc(-c2ccc(N)c(N(Cc3ccc4ncccc4c3)NC)n2)cc1. The second kappa shape index (κ2) is 10.6. The maximum atomic E-state index is 12.3. The van der Waals surface area contributed by atoms with E-state index < -0.39 is 0 Å². The standard InChI is InChI=1S/C26H27N7O2/c1-28-24(34)15-31-26(35)19-8-6-18(7-9-19)23-12-10-21(27)25(32-23)33(29-2)16-17-5-11-22-20(14-17)4-3-13-30-22/h3-14,29H,15-16,27H2,1-2H3,(H,28,34)(H,31,35). The van der Waals surface area contributed by atoms with Crippen LogP contribution in [0.3, 0.4) is 0 Å². The summed E-state index contributed by atoms with van der Waals surface area (Å²) < 4.78 is 0. The average molecular weight is 470 g/mol. The lowest BCUT2D eigenvalue weighted by Crippen LogP contribution is -2.35. The number of rotatable bonds is 8. The van der Waals surface area contributed by atoms with Gasteiger partial charge in [0.25, 0.3) is 5.91 Å². The van der Waals surface area contributed by atoms with Crippen LogP contribution in [-0.4, -0.2) is 42.4 Å². The molecule has 4 rings (SSSR count). The lowest BCUT2D eigenvalue weighted by Gasteiger charge is -2.24. The van der Waals surface area contributed by atoms with Crippen LogP contribution in [-0.2, 0) is 11.3 Å². The van der Waals surface area contributed by atoms with Crippen molar-refractivity contribution in [2.75, 3.05) is 31.4 Å². The fourth-order valence-corrected chi connectivity index (χ4v) is 3.65. The molecule has 2 amide bonds. The minimum Gasteiger partial charge on any atom is -0.396 e. The van der Waals surface area contributed by atoms with E-state index in [1.165, 1.54) is 7.05 Å². The number of carbonyl (C=O) groups is 2. The van der Waals surface area contributed by atoms with Crippen molar-refractivity contribution in [3.8, 4) is 11.3 Å². The van der Waals surface area contributed by atoms with Gasteiger partial charge in [-0.05, 0) is 48.0 Å². The summed E-state index contributed by atoms with van der Waals surface area (Å²) in [5, 5.41) is 8.00. The number of carbonyl (C=O) groups excluding carboxylic acids is 2. The van der Waals surface area contributed by atoms with E-state index >= 15 is 0 Å². The topological polar surface area (TPSA) is 125 Å². The van der Waals surface area contributed by atoms with Gasteiger partial charge in [-0.2, -0.15) is 0 Å². The molecule has 9 heteroatoms. The summed E-state index contributed by atoms with van der Waals surface area (Å²) in [5.74, 6) is 0.0183. The van der Waals surface area contributed by atoms with Crippen molar-refractivity contribution in [1.29, 1.82) is 0 Å². The summed E-state index contributed by atoms with van der Waals surface area (Å²) in [7, 11) is 3.34. The molecule has 0 atom stereocenters. The maximum Gasteiger partial charge on any atom is 0.251 e. The van der Waals surface area contributed by atoms with Crippen LogP contribution in [0.4, 0.5) is 11.5 Å². The first kappa shape index (κ1) is 23.7. The molecule has 178 valence electrons. The van der Waals surface area contributed by atoms with Crippen molar-refractivity contribution >= 4 is 34.2 Å². The van der Waals surface area contributed by atoms with E-state index in [1.807, 2.05) is 60.6 Å². The zero-order chi connectivity index (χ0) is 24.8. The van der Waals surface area contributed by atoms with Crippen LogP contribution in [0.5, 0.6) is 0 Å². The second-order valence-corrected chi connectivity index (χ2v) is 7.88. The van der Waals surface area contributed by atoms with E-state index in [-0.39, 0.29) is 18.4 Å². The summed E-state index contributed by atoms with van der Waals surface area (Å²) in [5.41, 5.74) is 14.0. The van der Waals surface area contributed by atoms with Gasteiger partial charge in [-0.1, -0.05) is 24.3 Å².